The topological polar surface area (TPSA) is 91.7 Å². The molecule has 542 valence electrons. The molecule has 116 heavy (non-hydrogen) atoms. The number of anilines is 6. The lowest BCUT2D eigenvalue weighted by Crippen LogP contribution is -2.10. The van der Waals surface area contributed by atoms with Gasteiger partial charge in [-0.1, -0.05) is 237 Å². The van der Waals surface area contributed by atoms with E-state index in [0.29, 0.717) is 5.56 Å². The molecule has 0 radical (unpaired) electrons. The number of rotatable bonds is 15. The summed E-state index contributed by atoms with van der Waals surface area (Å²) in [6, 6.07) is 144. The summed E-state index contributed by atoms with van der Waals surface area (Å²) in [6.07, 6.45) is 0. The lowest BCUT2D eigenvalue weighted by Gasteiger charge is -2.26. The number of aromatic nitrogens is 6. The van der Waals surface area contributed by atoms with Gasteiger partial charge in [0.15, 0.2) is 0 Å². The summed E-state index contributed by atoms with van der Waals surface area (Å²) in [5.74, 6) is 0. The molecule has 4 aromatic heterocycles. The van der Waals surface area contributed by atoms with Crippen molar-refractivity contribution in [1.29, 1.82) is 5.26 Å². The molecule has 22 rings (SSSR count). The maximum absolute atomic E-state index is 9.48. The zero-order valence-corrected chi connectivity index (χ0v) is 64.0. The fourth-order valence-electron chi connectivity index (χ4n) is 17.2. The molecule has 0 amide bonds. The van der Waals surface area contributed by atoms with Crippen molar-refractivity contribution in [3.63, 3.8) is 0 Å². The van der Waals surface area contributed by atoms with Gasteiger partial charge in [0.1, 0.15) is 22.1 Å². The molecule has 4 heterocycles. The molecule has 18 aromatic carbocycles. The van der Waals surface area contributed by atoms with E-state index >= 15 is 0 Å². The predicted molar refractivity (Wildman–Crippen MR) is 484 cm³/mol. The van der Waals surface area contributed by atoms with Crippen molar-refractivity contribution >= 4 is 145 Å². The maximum Gasteiger partial charge on any atom is 0.129 e. The Balaban J connectivity index is 0.558. The molecule has 0 saturated carbocycles. The molecular formula is C105H65N9S2. The second-order valence-electron chi connectivity index (χ2n) is 29.5. The van der Waals surface area contributed by atoms with E-state index in [1.807, 2.05) is 30.3 Å². The largest absolute Gasteiger partial charge is 0.309 e. The van der Waals surface area contributed by atoms with E-state index in [9.17, 15) is 5.26 Å². The summed E-state index contributed by atoms with van der Waals surface area (Å²) in [7, 11) is 0. The Hall–Kier alpha value is -15.2. The van der Waals surface area contributed by atoms with E-state index < -0.39 is 0 Å². The second-order valence-corrected chi connectivity index (χ2v) is 30.6. The number of hydrogen-bond acceptors (Lipinski definition) is 9. The highest BCUT2D eigenvalue weighted by atomic mass is 32.1. The van der Waals surface area contributed by atoms with Crippen LogP contribution < -0.4 is 9.80 Å². The van der Waals surface area contributed by atoms with Crippen LogP contribution in [0.25, 0.3) is 176 Å². The molecule has 0 saturated heterocycles. The quantitative estimate of drug-likeness (QED) is 0.101. The summed E-state index contributed by atoms with van der Waals surface area (Å²) < 4.78 is 24.9. The first-order valence-corrected chi connectivity index (χ1v) is 40.2. The van der Waals surface area contributed by atoms with Crippen molar-refractivity contribution in [3.05, 3.63) is 400 Å². The van der Waals surface area contributed by atoms with Crippen LogP contribution in [0.2, 0.25) is 0 Å². The third kappa shape index (κ3) is 11.8. The molecule has 0 spiro atoms. The average molecular weight is 1520 g/mol. The zero-order chi connectivity index (χ0) is 76.7. The SMILES string of the molecule is N#Cc1ccc(-c2ccc(N(c3ccc(-c4ccccc4)cc3)c3ccc(-c4ccc(-n5c6ccccc6c6cc7cc(-c8cccc(-c9ccc(N(c%10ccc(-c%11ccccc%11)cc%10)c%10ccc(-c%11ccc(-n%12c%13ccccc%13c%13cc%14ccccc%14cc%13%12)cc%11)c%11nsnc%10%11)cc9)c8)ccc7cc65)cc4)c4nsnc34)cc2)cc1. The van der Waals surface area contributed by atoms with Gasteiger partial charge in [-0.2, -0.15) is 22.8 Å². The molecule has 0 N–H and O–H groups in total. The van der Waals surface area contributed by atoms with E-state index in [0.717, 1.165) is 156 Å². The molecular weight excluding hydrogens is 1450 g/mol. The standard InChI is InChI=1S/C105H65N9S2/c106-66-67-26-28-70(29-27-67)73-36-48-86(49-37-73)111(84-44-32-71(33-45-84)68-14-3-1-4-15-68)98-58-56-90(102-104(98)109-115-107-102)76-42-54-89(55-43-76)114-97-25-12-10-23-93(97)95-63-83-61-81(30-31-82(83)65-101(95)114)78-21-13-20-77(60-78)74-38-50-87(51-39-74)112(85-46-34-72(35-47-85)69-16-5-2-6-17-69)99-59-57-91(103-105(99)110-116-108-103)75-40-52-88(53-41-75)113-96-24-11-9-22-92(96)94-62-79-18-7-8-19-80(79)64-100(94)113/h1-65H. The average Bonchev–Trinajstić information content (AvgIpc) is 1.58. The number of nitriles is 1. The number of nitrogens with zero attached hydrogens (tertiary/aromatic N) is 9. The van der Waals surface area contributed by atoms with E-state index in [4.69, 9.17) is 17.5 Å². The number of hydrogen-bond donors (Lipinski definition) is 0. The Morgan fingerprint density at radius 2 is 0.569 bits per heavy atom. The Kier molecular flexibility index (Phi) is 16.5. The third-order valence-electron chi connectivity index (χ3n) is 22.9. The first kappa shape index (κ1) is 67.7. The summed E-state index contributed by atoms with van der Waals surface area (Å²) in [6.45, 7) is 0. The lowest BCUT2D eigenvalue weighted by molar-refractivity contribution is 1.18. The first-order chi connectivity index (χ1) is 57.4. The van der Waals surface area contributed by atoms with Crippen LogP contribution in [0.3, 0.4) is 0 Å². The smallest absolute Gasteiger partial charge is 0.129 e. The number of fused-ring (bicyclic) bond motifs is 10. The number of para-hydroxylation sites is 2. The zero-order valence-electron chi connectivity index (χ0n) is 62.4. The van der Waals surface area contributed by atoms with E-state index in [1.165, 1.54) is 77.8 Å². The predicted octanol–water partition coefficient (Wildman–Crippen LogP) is 28.7. The highest BCUT2D eigenvalue weighted by molar-refractivity contribution is 7.00. The van der Waals surface area contributed by atoms with Gasteiger partial charge >= 0.3 is 0 Å². The minimum Gasteiger partial charge on any atom is -0.309 e. The second kappa shape index (κ2) is 28.2. The molecule has 22 aromatic rings. The van der Waals surface area contributed by atoms with Gasteiger partial charge in [0.25, 0.3) is 0 Å². The van der Waals surface area contributed by atoms with Crippen molar-refractivity contribution in [2.75, 3.05) is 9.80 Å². The van der Waals surface area contributed by atoms with Crippen LogP contribution in [0.15, 0.2) is 394 Å². The van der Waals surface area contributed by atoms with Crippen LogP contribution in [-0.2, 0) is 0 Å². The minimum absolute atomic E-state index is 0.635. The van der Waals surface area contributed by atoms with Gasteiger partial charge in [-0.05, 0) is 246 Å². The van der Waals surface area contributed by atoms with Crippen molar-refractivity contribution in [1.82, 2.24) is 26.6 Å². The monoisotopic (exact) mass is 1520 g/mol. The van der Waals surface area contributed by atoms with Crippen LogP contribution >= 0.6 is 23.5 Å². The third-order valence-corrected chi connectivity index (χ3v) is 24.0. The highest BCUT2D eigenvalue weighted by Gasteiger charge is 2.25. The summed E-state index contributed by atoms with van der Waals surface area (Å²) >= 11 is 2.48. The van der Waals surface area contributed by atoms with Crippen LogP contribution in [-0.4, -0.2) is 26.6 Å². The van der Waals surface area contributed by atoms with Gasteiger partial charge in [0.2, 0.25) is 0 Å². The van der Waals surface area contributed by atoms with Crippen LogP contribution in [0.4, 0.5) is 34.1 Å². The molecule has 0 aliphatic rings. The van der Waals surface area contributed by atoms with E-state index in [-0.39, 0.29) is 0 Å². The minimum atomic E-state index is 0.635. The van der Waals surface area contributed by atoms with Crippen molar-refractivity contribution in [2.45, 2.75) is 0 Å². The Bertz CT molecular complexity index is 7600. The van der Waals surface area contributed by atoms with E-state index in [2.05, 4.69) is 389 Å². The summed E-state index contributed by atoms with van der Waals surface area (Å²) in [5, 5.41) is 19.1. The molecule has 11 heteroatoms. The molecule has 0 aliphatic carbocycles. The van der Waals surface area contributed by atoms with Crippen molar-refractivity contribution in [2.24, 2.45) is 0 Å². The normalized spacial score (nSPS) is 11.6. The molecule has 0 unspecified atom stereocenters. The Labute approximate surface area is 676 Å². The van der Waals surface area contributed by atoms with Crippen molar-refractivity contribution < 1.29 is 0 Å². The van der Waals surface area contributed by atoms with Crippen LogP contribution in [0, 0.1) is 11.3 Å². The highest BCUT2D eigenvalue weighted by Crippen LogP contribution is 2.47. The Morgan fingerprint density at radius 1 is 0.233 bits per heavy atom. The van der Waals surface area contributed by atoms with E-state index in [1.54, 1.807) is 0 Å². The fourth-order valence-corrected chi connectivity index (χ4v) is 18.3. The molecule has 0 aliphatic heterocycles. The van der Waals surface area contributed by atoms with Crippen molar-refractivity contribution in [3.8, 4) is 95.3 Å². The fraction of sp³-hybridized carbons (Fsp3) is 0. The molecule has 0 bridgehead atoms. The Morgan fingerprint density at radius 3 is 1.03 bits per heavy atom. The van der Waals surface area contributed by atoms with Crippen LogP contribution in [0.1, 0.15) is 5.56 Å². The van der Waals surface area contributed by atoms with Crippen LogP contribution in [0.5, 0.6) is 0 Å². The lowest BCUT2D eigenvalue weighted by atomic mass is 9.96. The molecule has 0 atom stereocenters. The van der Waals surface area contributed by atoms with Gasteiger partial charge in [-0.25, -0.2) is 0 Å². The number of benzene rings is 18. The van der Waals surface area contributed by atoms with Gasteiger partial charge in [-0.3, -0.25) is 0 Å². The molecule has 9 nitrogen and oxygen atoms in total. The van der Waals surface area contributed by atoms with Gasteiger partial charge in [0.05, 0.1) is 68.5 Å². The molecule has 0 fully saturated rings. The summed E-state index contributed by atoms with van der Waals surface area (Å²) in [5.41, 5.74) is 32.1. The van der Waals surface area contributed by atoms with Gasteiger partial charge in [0, 0.05) is 66.8 Å². The van der Waals surface area contributed by atoms with Gasteiger partial charge in [-0.15, -0.1) is 0 Å². The summed E-state index contributed by atoms with van der Waals surface area (Å²) in [4.78, 5) is 4.59. The first-order valence-electron chi connectivity index (χ1n) is 38.8. The van der Waals surface area contributed by atoms with Gasteiger partial charge < -0.3 is 18.9 Å². The maximum atomic E-state index is 9.48.